The molecule has 0 aliphatic heterocycles. The zero-order valence-electron chi connectivity index (χ0n) is 35.0. The maximum atomic E-state index is 13.2. The Kier molecular flexibility index (Phi) is 11.5. The number of aliphatic hydroxyl groups is 3. The summed E-state index contributed by atoms with van der Waals surface area (Å²) in [6, 6.07) is 0. The lowest BCUT2D eigenvalue weighted by atomic mass is 9.33. The molecule has 3 N–H and O–H groups in total. The summed E-state index contributed by atoms with van der Waals surface area (Å²) in [5.41, 5.74) is -0.912. The van der Waals surface area contributed by atoms with Crippen molar-refractivity contribution in [3.05, 3.63) is 46.6 Å². The number of allylic oxidation sites excluding steroid dienone is 5. The Balaban J connectivity index is 1.58. The van der Waals surface area contributed by atoms with Gasteiger partial charge in [-0.25, -0.2) is 14.4 Å². The second kappa shape index (κ2) is 14.6. The summed E-state index contributed by atoms with van der Waals surface area (Å²) in [5.74, 6) is -1.41. The van der Waals surface area contributed by atoms with Crippen LogP contribution in [0.5, 0.6) is 0 Å². The van der Waals surface area contributed by atoms with Crippen molar-refractivity contribution in [2.75, 3.05) is 13.2 Å². The van der Waals surface area contributed by atoms with Crippen LogP contribution >= 0.6 is 0 Å². The van der Waals surface area contributed by atoms with Crippen LogP contribution in [0.2, 0.25) is 0 Å². The molecule has 54 heavy (non-hydrogen) atoms. The molecule has 0 radical (unpaired) electrons. The summed E-state index contributed by atoms with van der Waals surface area (Å²) in [6.45, 7) is 23.5. The monoisotopic (exact) mass is 752 g/mol. The predicted octanol–water partition coefficient (Wildman–Crippen LogP) is 7.58. The molecule has 4 saturated carbocycles. The molecule has 5 rings (SSSR count). The number of hydrogen-bond donors (Lipinski definition) is 3. The first-order chi connectivity index (χ1) is 25.0. The minimum Gasteiger partial charge on any atom is -0.462 e. The molecule has 0 aromatic carbocycles. The van der Waals surface area contributed by atoms with Crippen molar-refractivity contribution in [1.29, 1.82) is 0 Å². The average Bonchev–Trinajstić information content (AvgIpc) is 3.12. The standard InChI is InChI=1S/C45H68O9/c1-13-26(4)37(49)52-24-42(10)31-18-21-43(11)32(41(31,9)20-19-33(42)46)17-16-29-30-22-40(7,8)36(54-39(51)28(6)15-3)35(48)45(30,34(47)23-44(29,43)12)25-53-38(50)27(5)14-2/h13-16,30-36,46-48H,17-25H2,1-12H3/b26-13+,27-14+,28-15+/t30?,31?,32?,33-,34+,35-,36-,41-,42+,43+,44+,45-/m0/s1. The van der Waals surface area contributed by atoms with Gasteiger partial charge < -0.3 is 29.5 Å². The summed E-state index contributed by atoms with van der Waals surface area (Å²) in [5, 5.41) is 36.8. The van der Waals surface area contributed by atoms with Crippen molar-refractivity contribution in [2.24, 2.45) is 50.2 Å². The fraction of sp³-hybridized carbons (Fsp3) is 0.756. The third kappa shape index (κ3) is 6.27. The molecular formula is C45H68O9. The SMILES string of the molecule is C/C=C(\C)C(=O)OC[C@@]12C(CC(C)(C)[C@@H](OC(=O)/C(C)=C/C)[C@@H]1O)C1=CCC3[C@@]4(C)CC[C@H](O)[C@](C)(COC(=O)/C(C)=C/C)C4CC[C@@]3(C)[C@]1(C)C[C@H]2O. The van der Waals surface area contributed by atoms with E-state index in [1.807, 2.05) is 20.8 Å². The summed E-state index contributed by atoms with van der Waals surface area (Å²) >= 11 is 0. The fourth-order valence-corrected chi connectivity index (χ4v) is 12.3. The number of carbonyl (C=O) groups excluding carboxylic acids is 3. The Bertz CT molecular complexity index is 1640. The van der Waals surface area contributed by atoms with Crippen LogP contribution in [-0.4, -0.2) is 70.9 Å². The molecule has 5 aliphatic rings. The van der Waals surface area contributed by atoms with E-state index in [0.29, 0.717) is 36.0 Å². The summed E-state index contributed by atoms with van der Waals surface area (Å²) in [7, 11) is 0. The number of rotatable bonds is 8. The van der Waals surface area contributed by atoms with Crippen LogP contribution in [0.4, 0.5) is 0 Å². The van der Waals surface area contributed by atoms with Crippen LogP contribution in [0, 0.1) is 50.2 Å². The highest BCUT2D eigenvalue weighted by molar-refractivity contribution is 5.88. The lowest BCUT2D eigenvalue weighted by Crippen LogP contribution is -2.72. The first kappa shape index (κ1) is 42.4. The van der Waals surface area contributed by atoms with Gasteiger partial charge in [-0.2, -0.15) is 0 Å². The average molecular weight is 753 g/mol. The molecule has 5 aliphatic carbocycles. The number of ether oxygens (including phenoxy) is 3. The normalized spacial score (nSPS) is 43.4. The van der Waals surface area contributed by atoms with Gasteiger partial charge in [0.1, 0.15) is 18.8 Å². The van der Waals surface area contributed by atoms with E-state index in [0.717, 1.165) is 25.7 Å². The van der Waals surface area contributed by atoms with Gasteiger partial charge in [0.05, 0.1) is 24.2 Å². The molecule has 0 spiro atoms. The molecule has 12 atom stereocenters. The van der Waals surface area contributed by atoms with Crippen molar-refractivity contribution in [1.82, 2.24) is 0 Å². The molecule has 0 heterocycles. The first-order valence-electron chi connectivity index (χ1n) is 20.2. The second-order valence-corrected chi connectivity index (χ2v) is 19.3. The van der Waals surface area contributed by atoms with Gasteiger partial charge in [-0.15, -0.1) is 0 Å². The van der Waals surface area contributed by atoms with E-state index in [4.69, 9.17) is 14.2 Å². The fourth-order valence-electron chi connectivity index (χ4n) is 12.3. The number of carbonyl (C=O) groups is 3. The Hall–Kier alpha value is -2.75. The Labute approximate surface area is 323 Å². The van der Waals surface area contributed by atoms with Gasteiger partial charge in [-0.05, 0) is 120 Å². The molecule has 0 aromatic rings. The highest BCUT2D eigenvalue weighted by Crippen LogP contribution is 2.76. The minimum atomic E-state index is -1.31. The minimum absolute atomic E-state index is 0.109. The third-order valence-corrected chi connectivity index (χ3v) is 16.3. The van der Waals surface area contributed by atoms with Gasteiger partial charge in [-0.3, -0.25) is 0 Å². The molecule has 3 unspecified atom stereocenters. The van der Waals surface area contributed by atoms with E-state index < -0.39 is 58.0 Å². The molecule has 0 aromatic heterocycles. The molecule has 302 valence electrons. The van der Waals surface area contributed by atoms with Crippen LogP contribution < -0.4 is 0 Å². The third-order valence-electron chi connectivity index (χ3n) is 16.3. The van der Waals surface area contributed by atoms with Crippen LogP contribution in [0.15, 0.2) is 46.6 Å². The largest absolute Gasteiger partial charge is 0.462 e. The molecule has 0 bridgehead atoms. The van der Waals surface area contributed by atoms with Crippen molar-refractivity contribution < 1.29 is 43.9 Å². The molecule has 9 heteroatoms. The second-order valence-electron chi connectivity index (χ2n) is 19.3. The van der Waals surface area contributed by atoms with E-state index in [1.54, 1.807) is 52.8 Å². The number of aliphatic hydroxyl groups excluding tert-OH is 3. The van der Waals surface area contributed by atoms with Gasteiger partial charge in [0, 0.05) is 27.5 Å². The van der Waals surface area contributed by atoms with Gasteiger partial charge in [0.25, 0.3) is 0 Å². The van der Waals surface area contributed by atoms with E-state index in [1.165, 1.54) is 5.57 Å². The van der Waals surface area contributed by atoms with Gasteiger partial charge in [-0.1, -0.05) is 71.4 Å². The van der Waals surface area contributed by atoms with Crippen LogP contribution in [0.1, 0.15) is 128 Å². The van der Waals surface area contributed by atoms with Crippen molar-refractivity contribution in [3.8, 4) is 0 Å². The van der Waals surface area contributed by atoms with Crippen molar-refractivity contribution >= 4 is 17.9 Å². The first-order valence-corrected chi connectivity index (χ1v) is 20.2. The van der Waals surface area contributed by atoms with Crippen LogP contribution in [0.3, 0.4) is 0 Å². The lowest BCUT2D eigenvalue weighted by molar-refractivity contribution is -0.264. The molecule has 0 amide bonds. The Morgan fingerprint density at radius 3 is 1.87 bits per heavy atom. The van der Waals surface area contributed by atoms with Gasteiger partial charge in [0.2, 0.25) is 0 Å². The number of esters is 3. The number of fused-ring (bicyclic) bond motifs is 7. The Morgan fingerprint density at radius 1 is 0.741 bits per heavy atom. The smallest absolute Gasteiger partial charge is 0.333 e. The van der Waals surface area contributed by atoms with E-state index in [2.05, 4.69) is 33.8 Å². The van der Waals surface area contributed by atoms with E-state index >= 15 is 0 Å². The predicted molar refractivity (Wildman–Crippen MR) is 208 cm³/mol. The molecular weight excluding hydrogens is 684 g/mol. The molecule has 4 fully saturated rings. The zero-order chi connectivity index (χ0) is 40.4. The van der Waals surface area contributed by atoms with Crippen LogP contribution in [-0.2, 0) is 28.6 Å². The summed E-state index contributed by atoms with van der Waals surface area (Å²) < 4.78 is 18.0. The maximum Gasteiger partial charge on any atom is 0.333 e. The zero-order valence-corrected chi connectivity index (χ0v) is 35.0. The Morgan fingerprint density at radius 2 is 1.30 bits per heavy atom. The maximum absolute atomic E-state index is 13.2. The lowest BCUT2D eigenvalue weighted by Gasteiger charge is -2.72. The van der Waals surface area contributed by atoms with Gasteiger partial charge in [0.15, 0.2) is 0 Å². The van der Waals surface area contributed by atoms with Crippen LogP contribution in [0.25, 0.3) is 0 Å². The quantitative estimate of drug-likeness (QED) is 0.0991. The van der Waals surface area contributed by atoms with E-state index in [-0.39, 0.29) is 47.8 Å². The topological polar surface area (TPSA) is 140 Å². The van der Waals surface area contributed by atoms with Gasteiger partial charge >= 0.3 is 17.9 Å². The number of hydrogen-bond acceptors (Lipinski definition) is 9. The summed E-state index contributed by atoms with van der Waals surface area (Å²) in [6.07, 6.45) is 8.32. The summed E-state index contributed by atoms with van der Waals surface area (Å²) in [4.78, 5) is 39.2. The van der Waals surface area contributed by atoms with Crippen molar-refractivity contribution in [2.45, 2.75) is 152 Å². The highest BCUT2D eigenvalue weighted by atomic mass is 16.6. The van der Waals surface area contributed by atoms with Crippen molar-refractivity contribution in [3.63, 3.8) is 0 Å². The highest BCUT2D eigenvalue weighted by Gasteiger charge is 2.73. The van der Waals surface area contributed by atoms with E-state index in [9.17, 15) is 29.7 Å². The molecule has 0 saturated heterocycles. The molecule has 9 nitrogen and oxygen atoms in total.